The van der Waals surface area contributed by atoms with Crippen molar-refractivity contribution in [3.8, 4) is 5.75 Å². The molecule has 1 fully saturated rings. The summed E-state index contributed by atoms with van der Waals surface area (Å²) in [6.45, 7) is 0. The van der Waals surface area contributed by atoms with Gasteiger partial charge >= 0.3 is 6.01 Å². The van der Waals surface area contributed by atoms with Crippen LogP contribution in [0, 0.1) is 5.92 Å². The third-order valence-electron chi connectivity index (χ3n) is 3.96. The van der Waals surface area contributed by atoms with Gasteiger partial charge in [-0.1, -0.05) is 24.0 Å². The van der Waals surface area contributed by atoms with Crippen molar-refractivity contribution in [1.82, 2.24) is 10.2 Å². The van der Waals surface area contributed by atoms with Crippen molar-refractivity contribution < 1.29 is 13.9 Å². The molecule has 0 spiro atoms. The van der Waals surface area contributed by atoms with Crippen LogP contribution in [0.5, 0.6) is 5.75 Å². The zero-order chi connectivity index (χ0) is 15.4. The van der Waals surface area contributed by atoms with Crippen molar-refractivity contribution >= 4 is 11.9 Å². The molecule has 3 rings (SSSR count). The molecule has 0 saturated heterocycles. The van der Waals surface area contributed by atoms with E-state index in [0.717, 1.165) is 6.42 Å². The van der Waals surface area contributed by atoms with Crippen molar-refractivity contribution in [3.05, 3.63) is 35.7 Å². The van der Waals surface area contributed by atoms with E-state index < -0.39 is 0 Å². The van der Waals surface area contributed by atoms with E-state index in [1.54, 1.807) is 31.4 Å². The number of hydrogen-bond acceptors (Lipinski definition) is 5. The van der Waals surface area contributed by atoms with Crippen molar-refractivity contribution in [1.29, 1.82) is 0 Å². The highest BCUT2D eigenvalue weighted by molar-refractivity contribution is 6.03. The Bertz CT molecular complexity index is 648. The van der Waals surface area contributed by atoms with Crippen molar-refractivity contribution in [2.75, 3.05) is 12.4 Å². The van der Waals surface area contributed by atoms with Crippen LogP contribution in [0.1, 0.15) is 41.9 Å². The number of nitrogens with one attached hydrogen (secondary N) is 1. The zero-order valence-electron chi connectivity index (χ0n) is 12.5. The number of anilines is 1. The molecule has 22 heavy (non-hydrogen) atoms. The quantitative estimate of drug-likeness (QED) is 0.918. The van der Waals surface area contributed by atoms with Crippen LogP contribution < -0.4 is 10.1 Å². The minimum absolute atomic E-state index is 0.140. The number of methoxy groups -OCH3 is 1. The lowest BCUT2D eigenvalue weighted by Gasteiger charge is -2.04. The smallest absolute Gasteiger partial charge is 0.322 e. The molecule has 1 heterocycles. The van der Waals surface area contributed by atoms with E-state index in [-0.39, 0.29) is 11.9 Å². The predicted octanol–water partition coefficient (Wildman–Crippen LogP) is 3.06. The molecule has 1 aliphatic carbocycles. The molecular formula is C16H19N3O3. The van der Waals surface area contributed by atoms with Gasteiger partial charge in [-0.05, 0) is 37.0 Å². The van der Waals surface area contributed by atoms with E-state index in [2.05, 4.69) is 15.5 Å². The van der Waals surface area contributed by atoms with Gasteiger partial charge < -0.3 is 9.15 Å². The first kappa shape index (κ1) is 14.6. The average Bonchev–Trinajstić information content (AvgIpc) is 3.20. The van der Waals surface area contributed by atoms with E-state index in [1.807, 2.05) is 0 Å². The van der Waals surface area contributed by atoms with Crippen LogP contribution in [0.25, 0.3) is 0 Å². The highest BCUT2D eigenvalue weighted by Gasteiger charge is 2.19. The number of hydrogen-bond donors (Lipinski definition) is 1. The summed E-state index contributed by atoms with van der Waals surface area (Å²) in [7, 11) is 1.56. The lowest BCUT2D eigenvalue weighted by Crippen LogP contribution is -2.12. The Morgan fingerprint density at radius 3 is 2.95 bits per heavy atom. The minimum atomic E-state index is -0.296. The van der Waals surface area contributed by atoms with Gasteiger partial charge in [0.15, 0.2) is 0 Å². The van der Waals surface area contributed by atoms with Gasteiger partial charge in [-0.3, -0.25) is 10.1 Å². The second kappa shape index (κ2) is 6.60. The van der Waals surface area contributed by atoms with Gasteiger partial charge in [0, 0.05) is 12.0 Å². The molecule has 1 saturated carbocycles. The summed E-state index contributed by atoms with van der Waals surface area (Å²) >= 11 is 0. The Morgan fingerprint density at radius 1 is 1.36 bits per heavy atom. The maximum Gasteiger partial charge on any atom is 0.322 e. The summed E-state index contributed by atoms with van der Waals surface area (Å²) in [4.78, 5) is 12.1. The Kier molecular flexibility index (Phi) is 4.37. The molecule has 0 radical (unpaired) electrons. The molecule has 1 aliphatic rings. The van der Waals surface area contributed by atoms with Crippen molar-refractivity contribution in [3.63, 3.8) is 0 Å². The van der Waals surface area contributed by atoms with Gasteiger partial charge in [-0.25, -0.2) is 0 Å². The molecule has 2 aromatic rings. The Hall–Kier alpha value is -2.37. The van der Waals surface area contributed by atoms with E-state index in [0.29, 0.717) is 23.1 Å². The number of amides is 1. The first-order valence-corrected chi connectivity index (χ1v) is 7.52. The topological polar surface area (TPSA) is 77.2 Å². The standard InChI is InChI=1S/C16H19N3O3/c1-21-13-8-4-7-12(10-13)15(20)17-16-19-18-14(22-16)9-11-5-2-3-6-11/h4,7-8,10-11H,2-3,5-6,9H2,1H3,(H,17,19,20). The molecule has 1 aromatic heterocycles. The third kappa shape index (κ3) is 3.44. The van der Waals surface area contributed by atoms with Crippen LogP contribution in [0.3, 0.4) is 0 Å². The van der Waals surface area contributed by atoms with E-state index in [9.17, 15) is 4.79 Å². The number of ether oxygens (including phenoxy) is 1. The van der Waals surface area contributed by atoms with E-state index in [4.69, 9.17) is 9.15 Å². The Morgan fingerprint density at radius 2 is 2.18 bits per heavy atom. The van der Waals surface area contributed by atoms with Gasteiger partial charge in [0.05, 0.1) is 7.11 Å². The summed E-state index contributed by atoms with van der Waals surface area (Å²) in [5.74, 6) is 1.55. The fourth-order valence-corrected chi connectivity index (χ4v) is 2.78. The summed E-state index contributed by atoms with van der Waals surface area (Å²) in [6, 6.07) is 7.04. The van der Waals surface area contributed by atoms with Gasteiger partial charge in [0.25, 0.3) is 5.91 Å². The van der Waals surface area contributed by atoms with Crippen LogP contribution in [-0.2, 0) is 6.42 Å². The fourth-order valence-electron chi connectivity index (χ4n) is 2.78. The normalized spacial score (nSPS) is 15.0. The summed E-state index contributed by atoms with van der Waals surface area (Å²) < 4.78 is 10.6. The Balaban J connectivity index is 1.62. The summed E-state index contributed by atoms with van der Waals surface area (Å²) in [6.07, 6.45) is 5.78. The van der Waals surface area contributed by atoms with Crippen LogP contribution in [0.2, 0.25) is 0 Å². The highest BCUT2D eigenvalue weighted by Crippen LogP contribution is 2.27. The first-order valence-electron chi connectivity index (χ1n) is 7.52. The lowest BCUT2D eigenvalue weighted by atomic mass is 10.0. The highest BCUT2D eigenvalue weighted by atomic mass is 16.5. The molecule has 0 bridgehead atoms. The molecule has 0 atom stereocenters. The molecule has 6 heteroatoms. The van der Waals surface area contributed by atoms with E-state index in [1.165, 1.54) is 25.7 Å². The van der Waals surface area contributed by atoms with Gasteiger partial charge in [0.2, 0.25) is 5.89 Å². The molecule has 0 unspecified atom stereocenters. The zero-order valence-corrected chi connectivity index (χ0v) is 12.5. The number of aromatic nitrogens is 2. The monoisotopic (exact) mass is 301 g/mol. The second-order valence-corrected chi connectivity index (χ2v) is 5.54. The number of rotatable bonds is 5. The average molecular weight is 301 g/mol. The number of benzene rings is 1. The Labute approximate surface area is 128 Å². The maximum atomic E-state index is 12.1. The minimum Gasteiger partial charge on any atom is -0.497 e. The van der Waals surface area contributed by atoms with E-state index >= 15 is 0 Å². The number of carbonyl (C=O) groups excluding carboxylic acids is 1. The largest absolute Gasteiger partial charge is 0.497 e. The molecule has 6 nitrogen and oxygen atoms in total. The maximum absolute atomic E-state index is 12.1. The molecule has 116 valence electrons. The molecule has 1 aromatic carbocycles. The second-order valence-electron chi connectivity index (χ2n) is 5.54. The van der Waals surface area contributed by atoms with Crippen molar-refractivity contribution in [2.45, 2.75) is 32.1 Å². The van der Waals surface area contributed by atoms with Gasteiger partial charge in [-0.15, -0.1) is 5.10 Å². The molecular weight excluding hydrogens is 282 g/mol. The van der Waals surface area contributed by atoms with Crippen LogP contribution >= 0.6 is 0 Å². The van der Waals surface area contributed by atoms with Gasteiger partial charge in [0.1, 0.15) is 5.75 Å². The predicted molar refractivity (Wildman–Crippen MR) is 80.9 cm³/mol. The number of carbonyl (C=O) groups is 1. The molecule has 1 N–H and O–H groups in total. The third-order valence-corrected chi connectivity index (χ3v) is 3.96. The summed E-state index contributed by atoms with van der Waals surface area (Å²) in [5, 5.41) is 10.5. The lowest BCUT2D eigenvalue weighted by molar-refractivity contribution is 0.102. The SMILES string of the molecule is COc1cccc(C(=O)Nc2nnc(CC3CCCC3)o2)c1. The first-order chi connectivity index (χ1) is 10.7. The summed E-state index contributed by atoms with van der Waals surface area (Å²) in [5.41, 5.74) is 0.481. The molecule has 1 amide bonds. The van der Waals surface area contributed by atoms with Crippen LogP contribution in [0.15, 0.2) is 28.7 Å². The number of nitrogens with zero attached hydrogens (tertiary/aromatic N) is 2. The fraction of sp³-hybridized carbons (Fsp3) is 0.438. The molecule has 0 aliphatic heterocycles. The van der Waals surface area contributed by atoms with Crippen LogP contribution in [0.4, 0.5) is 6.01 Å². The van der Waals surface area contributed by atoms with Gasteiger partial charge in [-0.2, -0.15) is 0 Å². The van der Waals surface area contributed by atoms with Crippen LogP contribution in [-0.4, -0.2) is 23.2 Å². The van der Waals surface area contributed by atoms with Crippen molar-refractivity contribution in [2.24, 2.45) is 5.92 Å².